The van der Waals surface area contributed by atoms with Gasteiger partial charge in [0.05, 0.1) is 0 Å². The molecule has 3 rings (SSSR count). The number of aldehydes is 1. The molecule has 108 valence electrons. The lowest BCUT2D eigenvalue weighted by Crippen LogP contribution is -2.35. The molecule has 20 heavy (non-hydrogen) atoms. The molecule has 1 saturated carbocycles. The lowest BCUT2D eigenvalue weighted by molar-refractivity contribution is 0.112. The molecule has 1 aromatic carbocycles. The summed E-state index contributed by atoms with van der Waals surface area (Å²) in [6, 6.07) is 5.95. The van der Waals surface area contributed by atoms with Crippen molar-refractivity contribution in [1.82, 2.24) is 0 Å². The number of rotatable bonds is 4. The molecule has 1 aliphatic heterocycles. The van der Waals surface area contributed by atoms with Gasteiger partial charge in [0.15, 0.2) is 6.29 Å². The van der Waals surface area contributed by atoms with Crippen LogP contribution in [0.1, 0.15) is 54.4 Å². The molecule has 2 fully saturated rings. The van der Waals surface area contributed by atoms with Gasteiger partial charge in [-0.1, -0.05) is 13.0 Å². The van der Waals surface area contributed by atoms with Crippen LogP contribution in [0.2, 0.25) is 0 Å². The molecule has 0 aromatic heterocycles. The molecule has 1 saturated heterocycles. The van der Waals surface area contributed by atoms with E-state index in [9.17, 15) is 9.90 Å². The Morgan fingerprint density at radius 2 is 2.00 bits per heavy atom. The molecule has 0 radical (unpaired) electrons. The molecule has 1 aliphatic carbocycles. The van der Waals surface area contributed by atoms with Crippen LogP contribution in [0.15, 0.2) is 18.2 Å². The van der Waals surface area contributed by atoms with E-state index >= 15 is 0 Å². The second kappa shape index (κ2) is 5.21. The Morgan fingerprint density at radius 3 is 2.55 bits per heavy atom. The second-order valence-corrected chi connectivity index (χ2v) is 6.51. The van der Waals surface area contributed by atoms with Crippen molar-refractivity contribution in [3.8, 4) is 0 Å². The maximum absolute atomic E-state index is 11.3. The summed E-state index contributed by atoms with van der Waals surface area (Å²) in [6.45, 7) is 4.26. The van der Waals surface area contributed by atoms with Gasteiger partial charge in [0, 0.05) is 36.9 Å². The van der Waals surface area contributed by atoms with Crippen LogP contribution in [-0.2, 0) is 0 Å². The van der Waals surface area contributed by atoms with Crippen molar-refractivity contribution in [2.75, 3.05) is 24.6 Å². The maximum atomic E-state index is 11.3. The summed E-state index contributed by atoms with van der Waals surface area (Å²) >= 11 is 0. The zero-order valence-corrected chi connectivity index (χ0v) is 12.1. The van der Waals surface area contributed by atoms with Gasteiger partial charge in [-0.15, -0.1) is 0 Å². The number of piperidine rings is 1. The lowest BCUT2D eigenvalue weighted by atomic mass is 9.92. The fraction of sp³-hybridized carbons (Fsp3) is 0.588. The summed E-state index contributed by atoms with van der Waals surface area (Å²) in [4.78, 5) is 13.6. The first kappa shape index (κ1) is 13.6. The van der Waals surface area contributed by atoms with Crippen molar-refractivity contribution in [3.05, 3.63) is 29.3 Å². The average molecular weight is 273 g/mol. The molecular formula is C17H23NO2. The van der Waals surface area contributed by atoms with E-state index in [1.807, 2.05) is 19.1 Å². The summed E-state index contributed by atoms with van der Waals surface area (Å²) < 4.78 is 0. The zero-order chi connectivity index (χ0) is 14.2. The molecule has 1 spiro atoms. The van der Waals surface area contributed by atoms with Crippen molar-refractivity contribution < 1.29 is 9.90 Å². The molecule has 3 heteroatoms. The fourth-order valence-corrected chi connectivity index (χ4v) is 3.24. The largest absolute Gasteiger partial charge is 0.396 e. The van der Waals surface area contributed by atoms with E-state index in [0.717, 1.165) is 36.2 Å². The van der Waals surface area contributed by atoms with Gasteiger partial charge in [0.25, 0.3) is 0 Å². The highest BCUT2D eigenvalue weighted by atomic mass is 16.3. The van der Waals surface area contributed by atoms with Crippen LogP contribution < -0.4 is 4.90 Å². The standard InChI is InChI=1S/C17H23NO2/c1-13(11-19)14-2-3-15(12-20)16(10-14)18-8-6-17(4-5-17)7-9-18/h2-3,10,12-13,19H,4-9,11H2,1H3/t13-/m0/s1. The van der Waals surface area contributed by atoms with Crippen molar-refractivity contribution in [3.63, 3.8) is 0 Å². The average Bonchev–Trinajstić information content (AvgIpc) is 3.26. The number of carbonyl (C=O) groups excluding carboxylic acids is 1. The van der Waals surface area contributed by atoms with Crippen LogP contribution >= 0.6 is 0 Å². The molecule has 0 unspecified atom stereocenters. The van der Waals surface area contributed by atoms with Crippen LogP contribution in [0.25, 0.3) is 0 Å². The molecular weight excluding hydrogens is 250 g/mol. The van der Waals surface area contributed by atoms with Crippen molar-refractivity contribution in [2.45, 2.75) is 38.5 Å². The van der Waals surface area contributed by atoms with Gasteiger partial charge < -0.3 is 10.0 Å². The quantitative estimate of drug-likeness (QED) is 0.857. The Bertz CT molecular complexity index is 498. The van der Waals surface area contributed by atoms with Gasteiger partial charge >= 0.3 is 0 Å². The number of anilines is 1. The normalized spacial score (nSPS) is 21.8. The smallest absolute Gasteiger partial charge is 0.152 e. The Kier molecular flexibility index (Phi) is 3.55. The van der Waals surface area contributed by atoms with Crippen LogP contribution in [0.3, 0.4) is 0 Å². The second-order valence-electron chi connectivity index (χ2n) is 6.51. The maximum Gasteiger partial charge on any atom is 0.152 e. The Labute approximate surface area is 120 Å². The Hall–Kier alpha value is -1.35. The SMILES string of the molecule is C[C@@H](CO)c1ccc(C=O)c(N2CCC3(CC2)CC3)c1. The first-order valence-corrected chi connectivity index (χ1v) is 7.62. The summed E-state index contributed by atoms with van der Waals surface area (Å²) in [7, 11) is 0. The minimum atomic E-state index is 0.119. The molecule has 1 aromatic rings. The predicted octanol–water partition coefficient (Wildman–Crippen LogP) is 2.98. The van der Waals surface area contributed by atoms with Crippen LogP contribution in [0.5, 0.6) is 0 Å². The van der Waals surface area contributed by atoms with Gasteiger partial charge in [-0.25, -0.2) is 0 Å². The van der Waals surface area contributed by atoms with E-state index < -0.39 is 0 Å². The summed E-state index contributed by atoms with van der Waals surface area (Å²) in [5.74, 6) is 0.119. The van der Waals surface area contributed by atoms with Crippen LogP contribution in [0, 0.1) is 5.41 Å². The van der Waals surface area contributed by atoms with Crippen molar-refractivity contribution in [2.24, 2.45) is 5.41 Å². The lowest BCUT2D eigenvalue weighted by Gasteiger charge is -2.35. The van der Waals surface area contributed by atoms with Crippen LogP contribution in [-0.4, -0.2) is 31.1 Å². The summed E-state index contributed by atoms with van der Waals surface area (Å²) in [5, 5.41) is 9.31. The minimum Gasteiger partial charge on any atom is -0.396 e. The van der Waals surface area contributed by atoms with E-state index in [1.54, 1.807) is 0 Å². The summed E-state index contributed by atoms with van der Waals surface area (Å²) in [5.41, 5.74) is 3.58. The molecule has 1 N–H and O–H groups in total. The van der Waals surface area contributed by atoms with Gasteiger partial charge in [-0.2, -0.15) is 0 Å². The minimum absolute atomic E-state index is 0.119. The van der Waals surface area contributed by atoms with E-state index in [1.165, 1.54) is 25.7 Å². The predicted molar refractivity (Wildman–Crippen MR) is 80.4 cm³/mol. The monoisotopic (exact) mass is 273 g/mol. The highest BCUT2D eigenvalue weighted by Gasteiger charge is 2.44. The fourth-order valence-electron chi connectivity index (χ4n) is 3.24. The van der Waals surface area contributed by atoms with E-state index in [-0.39, 0.29) is 12.5 Å². The Morgan fingerprint density at radius 1 is 1.30 bits per heavy atom. The Balaban J connectivity index is 1.84. The summed E-state index contributed by atoms with van der Waals surface area (Å²) in [6.07, 6.45) is 6.24. The number of aliphatic hydroxyl groups excluding tert-OH is 1. The third-order valence-corrected chi connectivity index (χ3v) is 5.15. The topological polar surface area (TPSA) is 40.5 Å². The molecule has 0 bridgehead atoms. The van der Waals surface area contributed by atoms with Crippen molar-refractivity contribution in [1.29, 1.82) is 0 Å². The highest BCUT2D eigenvalue weighted by Crippen LogP contribution is 2.54. The van der Waals surface area contributed by atoms with Crippen LogP contribution in [0.4, 0.5) is 5.69 Å². The highest BCUT2D eigenvalue weighted by molar-refractivity contribution is 5.85. The van der Waals surface area contributed by atoms with Gasteiger partial charge in [0.2, 0.25) is 0 Å². The third-order valence-electron chi connectivity index (χ3n) is 5.15. The number of hydrogen-bond donors (Lipinski definition) is 1. The zero-order valence-electron chi connectivity index (χ0n) is 12.1. The van der Waals surface area contributed by atoms with Gasteiger partial charge in [-0.3, -0.25) is 4.79 Å². The molecule has 3 nitrogen and oxygen atoms in total. The van der Waals surface area contributed by atoms with E-state index in [4.69, 9.17) is 0 Å². The number of carbonyl (C=O) groups is 1. The molecule has 1 heterocycles. The molecule has 2 aliphatic rings. The first-order valence-electron chi connectivity index (χ1n) is 7.62. The van der Waals surface area contributed by atoms with Crippen molar-refractivity contribution >= 4 is 12.0 Å². The number of nitrogens with zero attached hydrogens (tertiary/aromatic N) is 1. The van der Waals surface area contributed by atoms with E-state index in [2.05, 4.69) is 11.0 Å². The molecule has 1 atom stereocenters. The third kappa shape index (κ3) is 2.47. The number of hydrogen-bond acceptors (Lipinski definition) is 3. The number of aliphatic hydroxyl groups is 1. The number of benzene rings is 1. The van der Waals surface area contributed by atoms with Gasteiger partial charge in [0.1, 0.15) is 0 Å². The van der Waals surface area contributed by atoms with E-state index in [0.29, 0.717) is 5.41 Å². The first-order chi connectivity index (χ1) is 9.67. The molecule has 0 amide bonds. The van der Waals surface area contributed by atoms with Gasteiger partial charge in [-0.05, 0) is 48.8 Å².